The third-order valence-corrected chi connectivity index (χ3v) is 3.00. The predicted molar refractivity (Wildman–Crippen MR) is 50.2 cm³/mol. The molecule has 0 radical (unpaired) electrons. The van der Waals surface area contributed by atoms with Crippen LogP contribution >= 0.6 is 11.6 Å². The average molecular weight is 232 g/mol. The summed E-state index contributed by atoms with van der Waals surface area (Å²) in [5.41, 5.74) is 0. The van der Waals surface area contributed by atoms with Crippen molar-refractivity contribution in [3.05, 3.63) is 0 Å². The Kier molecular flexibility index (Phi) is 6.62. The third-order valence-electron chi connectivity index (χ3n) is 1.30. The van der Waals surface area contributed by atoms with Gasteiger partial charge in [-0.3, -0.25) is 0 Å². The summed E-state index contributed by atoms with van der Waals surface area (Å²) in [6.45, 7) is -0.626. The molecule has 0 aliphatic heterocycles. The van der Waals surface area contributed by atoms with Gasteiger partial charge in [0.05, 0.1) is 18.5 Å². The smallest absolute Gasteiger partial charge is 0.211 e. The first kappa shape index (κ1) is 13.1. The molecule has 0 fully saturated rings. The highest BCUT2D eigenvalue weighted by molar-refractivity contribution is 7.89. The van der Waals surface area contributed by atoms with Crippen LogP contribution in [0.5, 0.6) is 0 Å². The lowest BCUT2D eigenvalue weighted by atomic mass is 10.4. The van der Waals surface area contributed by atoms with E-state index < -0.39 is 22.7 Å². The standard InChI is InChI=1S/C6H14ClNO4S/c7-2-1-3-13(11,12)8-4-6(10)5-9/h6,8-10H,1-5H2. The average Bonchev–Trinajstić information content (AvgIpc) is 2.11. The fourth-order valence-electron chi connectivity index (χ4n) is 0.604. The van der Waals surface area contributed by atoms with Crippen LogP contribution in [-0.2, 0) is 10.0 Å². The van der Waals surface area contributed by atoms with Crippen LogP contribution in [0.1, 0.15) is 6.42 Å². The number of alkyl halides is 1. The maximum atomic E-state index is 11.0. The molecule has 13 heavy (non-hydrogen) atoms. The third kappa shape index (κ3) is 7.21. The number of aliphatic hydroxyl groups is 2. The van der Waals surface area contributed by atoms with Gasteiger partial charge >= 0.3 is 0 Å². The number of rotatable bonds is 7. The van der Waals surface area contributed by atoms with Crippen molar-refractivity contribution in [2.45, 2.75) is 12.5 Å². The molecule has 80 valence electrons. The van der Waals surface area contributed by atoms with Crippen LogP contribution in [0, 0.1) is 0 Å². The van der Waals surface area contributed by atoms with Gasteiger partial charge in [-0.2, -0.15) is 0 Å². The number of hydrogen-bond donors (Lipinski definition) is 3. The molecular weight excluding hydrogens is 218 g/mol. The van der Waals surface area contributed by atoms with Crippen molar-refractivity contribution in [2.75, 3.05) is 24.8 Å². The van der Waals surface area contributed by atoms with Crippen LogP contribution in [-0.4, -0.2) is 49.5 Å². The van der Waals surface area contributed by atoms with Crippen molar-refractivity contribution in [3.63, 3.8) is 0 Å². The number of sulfonamides is 1. The molecule has 1 unspecified atom stereocenters. The van der Waals surface area contributed by atoms with E-state index in [-0.39, 0.29) is 18.2 Å². The summed E-state index contributed by atoms with van der Waals surface area (Å²) >= 11 is 5.32. The highest BCUT2D eigenvalue weighted by Gasteiger charge is 2.11. The van der Waals surface area contributed by atoms with Gasteiger partial charge in [0.15, 0.2) is 0 Å². The van der Waals surface area contributed by atoms with Crippen molar-refractivity contribution >= 4 is 21.6 Å². The van der Waals surface area contributed by atoms with Gasteiger partial charge in [0.1, 0.15) is 0 Å². The highest BCUT2D eigenvalue weighted by Crippen LogP contribution is 1.92. The van der Waals surface area contributed by atoms with Gasteiger partial charge in [0.25, 0.3) is 0 Å². The van der Waals surface area contributed by atoms with Crippen LogP contribution < -0.4 is 4.72 Å². The summed E-state index contributed by atoms with van der Waals surface area (Å²) in [4.78, 5) is 0. The number of nitrogens with one attached hydrogen (secondary N) is 1. The van der Waals surface area contributed by atoms with Gasteiger partial charge in [-0.1, -0.05) is 0 Å². The Morgan fingerprint density at radius 2 is 2.08 bits per heavy atom. The van der Waals surface area contributed by atoms with Crippen LogP contribution in [0.3, 0.4) is 0 Å². The normalized spacial score (nSPS) is 14.4. The first-order valence-corrected chi connectivity index (χ1v) is 6.02. The molecular formula is C6H14ClNO4S. The molecule has 0 aliphatic carbocycles. The summed E-state index contributed by atoms with van der Waals surface area (Å²) in [5.74, 6) is 0.220. The second-order valence-electron chi connectivity index (χ2n) is 2.55. The Hall–Kier alpha value is 0.120. The van der Waals surface area contributed by atoms with Crippen LogP contribution in [0.4, 0.5) is 0 Å². The van der Waals surface area contributed by atoms with E-state index in [0.717, 1.165) is 0 Å². The molecule has 0 aromatic carbocycles. The van der Waals surface area contributed by atoms with Gasteiger partial charge in [-0.25, -0.2) is 13.1 Å². The van der Waals surface area contributed by atoms with E-state index in [4.69, 9.17) is 21.8 Å². The SMILES string of the molecule is O=S(=O)(CCCCl)NCC(O)CO. The molecule has 0 aromatic rings. The molecule has 0 saturated heterocycles. The largest absolute Gasteiger partial charge is 0.394 e. The Morgan fingerprint density at radius 3 is 2.54 bits per heavy atom. The minimum absolute atomic E-state index is 0.0609. The summed E-state index contributed by atoms with van der Waals surface area (Å²) in [7, 11) is -3.35. The van der Waals surface area contributed by atoms with Gasteiger partial charge in [0, 0.05) is 12.4 Å². The first-order chi connectivity index (χ1) is 6.02. The van der Waals surface area contributed by atoms with Crippen molar-refractivity contribution in [3.8, 4) is 0 Å². The van der Waals surface area contributed by atoms with E-state index in [0.29, 0.717) is 6.42 Å². The van der Waals surface area contributed by atoms with Gasteiger partial charge in [-0.05, 0) is 6.42 Å². The van der Waals surface area contributed by atoms with Crippen LogP contribution in [0.2, 0.25) is 0 Å². The Morgan fingerprint density at radius 1 is 1.46 bits per heavy atom. The lowest BCUT2D eigenvalue weighted by Crippen LogP contribution is -2.35. The molecule has 0 heterocycles. The Bertz CT molecular complexity index is 219. The molecule has 7 heteroatoms. The number of hydrogen-bond acceptors (Lipinski definition) is 4. The van der Waals surface area contributed by atoms with Crippen molar-refractivity contribution in [1.82, 2.24) is 4.72 Å². The van der Waals surface area contributed by atoms with Crippen LogP contribution in [0.15, 0.2) is 0 Å². The Balaban J connectivity index is 3.76. The first-order valence-electron chi connectivity index (χ1n) is 3.84. The molecule has 5 nitrogen and oxygen atoms in total. The van der Waals surface area contributed by atoms with Crippen molar-refractivity contribution in [1.29, 1.82) is 0 Å². The second-order valence-corrected chi connectivity index (χ2v) is 4.85. The van der Waals surface area contributed by atoms with E-state index in [1.807, 2.05) is 0 Å². The van der Waals surface area contributed by atoms with Crippen molar-refractivity contribution in [2.24, 2.45) is 0 Å². The molecule has 0 amide bonds. The molecule has 0 aliphatic rings. The molecule has 0 bridgehead atoms. The number of halogens is 1. The van der Waals surface area contributed by atoms with E-state index >= 15 is 0 Å². The van der Waals surface area contributed by atoms with Gasteiger partial charge in [-0.15, -0.1) is 11.6 Å². The quantitative estimate of drug-likeness (QED) is 0.485. The lowest BCUT2D eigenvalue weighted by molar-refractivity contribution is 0.0988. The van der Waals surface area contributed by atoms with E-state index in [9.17, 15) is 8.42 Å². The summed E-state index contributed by atoms with van der Waals surface area (Å²) < 4.78 is 24.2. The topological polar surface area (TPSA) is 86.6 Å². The van der Waals surface area contributed by atoms with Gasteiger partial charge in [0.2, 0.25) is 10.0 Å². The zero-order chi connectivity index (χ0) is 10.3. The highest BCUT2D eigenvalue weighted by atomic mass is 35.5. The lowest BCUT2D eigenvalue weighted by Gasteiger charge is -2.08. The monoisotopic (exact) mass is 231 g/mol. The summed E-state index contributed by atoms with van der Waals surface area (Å²) in [5, 5.41) is 17.2. The minimum atomic E-state index is -3.35. The van der Waals surface area contributed by atoms with E-state index in [2.05, 4.69) is 4.72 Å². The zero-order valence-electron chi connectivity index (χ0n) is 7.11. The van der Waals surface area contributed by atoms with Gasteiger partial charge < -0.3 is 10.2 Å². The predicted octanol–water partition coefficient (Wildman–Crippen LogP) is -1.11. The van der Waals surface area contributed by atoms with E-state index in [1.165, 1.54) is 0 Å². The maximum Gasteiger partial charge on any atom is 0.211 e. The molecule has 0 saturated carbocycles. The fraction of sp³-hybridized carbons (Fsp3) is 1.00. The molecule has 0 rings (SSSR count). The van der Waals surface area contributed by atoms with Crippen molar-refractivity contribution < 1.29 is 18.6 Å². The minimum Gasteiger partial charge on any atom is -0.394 e. The summed E-state index contributed by atoms with van der Waals surface area (Å²) in [6.07, 6.45) is -0.683. The Labute approximate surface area is 82.8 Å². The molecule has 1 atom stereocenters. The molecule has 3 N–H and O–H groups in total. The second kappa shape index (κ2) is 6.56. The number of aliphatic hydroxyl groups excluding tert-OH is 2. The van der Waals surface area contributed by atoms with E-state index in [1.54, 1.807) is 0 Å². The van der Waals surface area contributed by atoms with Crippen LogP contribution in [0.25, 0.3) is 0 Å². The summed E-state index contributed by atoms with van der Waals surface area (Å²) in [6, 6.07) is 0. The molecule has 0 aromatic heterocycles. The fourth-order valence-corrected chi connectivity index (χ4v) is 2.01. The maximum absolute atomic E-state index is 11.0. The molecule has 0 spiro atoms. The zero-order valence-corrected chi connectivity index (χ0v) is 8.68.